The number of alkyl halides is 13. The maximum Gasteiger partial charge on any atom is 0.475 e. The van der Waals surface area contributed by atoms with E-state index < -0.39 is 109 Å². The minimum Gasteiger partial charge on any atom is -0.328 e. The van der Waals surface area contributed by atoms with Crippen molar-refractivity contribution in [3.05, 3.63) is 51.7 Å². The summed E-state index contributed by atoms with van der Waals surface area (Å²) in [5.41, 5.74) is -18.5. The van der Waals surface area contributed by atoms with Gasteiger partial charge in [-0.05, 0) is 40.2 Å². The Morgan fingerprint density at radius 3 is 1.87 bits per heavy atom. The van der Waals surface area contributed by atoms with Crippen LogP contribution in [0.25, 0.3) is 0 Å². The van der Waals surface area contributed by atoms with Crippen LogP contribution in [0.15, 0.2) is 39.7 Å². The molecule has 0 bridgehead atoms. The van der Waals surface area contributed by atoms with Gasteiger partial charge >= 0.3 is 41.5 Å². The van der Waals surface area contributed by atoms with E-state index in [1.54, 1.807) is 0 Å². The molecule has 0 aliphatic heterocycles. The standard InChI is InChI=1S/C22H12BrF14N3O4S/c1-40(7-18(25,26)27)17(43)16(42)38-11-4-2-3-9(13(11)24)15(41)39-14-10(23)5-8(6-12(14)45(44)22(35,36)37)19(28,20(29,30)31)21(32,33)34/h2-6H,7H2,1H3,(H,38,42)(H,39,41). The van der Waals surface area contributed by atoms with Crippen molar-refractivity contribution in [2.75, 3.05) is 24.2 Å². The second kappa shape index (κ2) is 12.7. The Morgan fingerprint density at radius 1 is 0.867 bits per heavy atom. The average molecular weight is 760 g/mol. The first-order valence-electron chi connectivity index (χ1n) is 11.0. The van der Waals surface area contributed by atoms with Gasteiger partial charge in [0.25, 0.3) is 5.91 Å². The Labute approximate surface area is 251 Å². The zero-order valence-corrected chi connectivity index (χ0v) is 23.7. The minimum absolute atomic E-state index is 0.114. The van der Waals surface area contributed by atoms with Crippen molar-refractivity contribution in [3.63, 3.8) is 0 Å². The van der Waals surface area contributed by atoms with E-state index in [-0.39, 0.29) is 11.0 Å². The van der Waals surface area contributed by atoms with Gasteiger partial charge in [-0.15, -0.1) is 0 Å². The number of nitrogens with zero attached hydrogens (tertiary/aromatic N) is 1. The summed E-state index contributed by atoms with van der Waals surface area (Å²) in [4.78, 5) is 34.5. The average Bonchev–Trinajstić information content (AvgIpc) is 2.86. The Balaban J connectivity index is 2.60. The normalized spacial score (nSPS) is 13.7. The number of carbonyl (C=O) groups excluding carboxylic acids is 3. The maximum atomic E-state index is 15.0. The molecule has 0 aliphatic carbocycles. The summed E-state index contributed by atoms with van der Waals surface area (Å²) in [5, 5.41) is 3.01. The Kier molecular flexibility index (Phi) is 10.6. The van der Waals surface area contributed by atoms with E-state index in [0.29, 0.717) is 19.2 Å². The fourth-order valence-corrected chi connectivity index (χ4v) is 4.86. The molecule has 0 spiro atoms. The first-order valence-corrected chi connectivity index (χ1v) is 13.0. The highest BCUT2D eigenvalue weighted by Gasteiger charge is 2.73. The zero-order valence-electron chi connectivity index (χ0n) is 21.3. The number of anilines is 2. The second-order valence-electron chi connectivity index (χ2n) is 8.55. The zero-order chi connectivity index (χ0) is 35.1. The number of carbonyl (C=O) groups is 3. The molecular formula is C22H12BrF14N3O4S. The van der Waals surface area contributed by atoms with Gasteiger partial charge in [0.15, 0.2) is 16.6 Å². The van der Waals surface area contributed by atoms with Crippen LogP contribution in [-0.2, 0) is 26.1 Å². The number of hydrogen-bond donors (Lipinski definition) is 2. The summed E-state index contributed by atoms with van der Waals surface area (Å²) in [6.45, 7) is -1.91. The number of amides is 3. The number of benzene rings is 2. The fourth-order valence-electron chi connectivity index (χ4n) is 3.34. The summed E-state index contributed by atoms with van der Waals surface area (Å²) in [6.07, 6.45) is -18.6. The Bertz CT molecular complexity index is 1510. The highest BCUT2D eigenvalue weighted by molar-refractivity contribution is 9.10. The second-order valence-corrected chi connectivity index (χ2v) is 10.8. The third kappa shape index (κ3) is 8.21. The number of nitrogens with one attached hydrogen (secondary N) is 2. The van der Waals surface area contributed by atoms with E-state index in [1.165, 1.54) is 10.6 Å². The van der Waals surface area contributed by atoms with Crippen molar-refractivity contribution in [2.24, 2.45) is 0 Å². The lowest BCUT2D eigenvalue weighted by Gasteiger charge is -2.31. The first-order chi connectivity index (χ1) is 20.1. The smallest absolute Gasteiger partial charge is 0.328 e. The van der Waals surface area contributed by atoms with Crippen LogP contribution >= 0.6 is 15.9 Å². The van der Waals surface area contributed by atoms with Crippen LogP contribution < -0.4 is 10.6 Å². The van der Waals surface area contributed by atoms with Gasteiger partial charge in [0, 0.05) is 17.1 Å². The van der Waals surface area contributed by atoms with Crippen LogP contribution in [0.4, 0.5) is 72.8 Å². The van der Waals surface area contributed by atoms with E-state index in [9.17, 15) is 75.7 Å². The third-order valence-corrected chi connectivity index (χ3v) is 7.10. The highest BCUT2D eigenvalue weighted by atomic mass is 79.9. The van der Waals surface area contributed by atoms with Crippen LogP contribution in [0, 0.1) is 5.82 Å². The minimum atomic E-state index is -6.82. The molecule has 1 unspecified atom stereocenters. The van der Waals surface area contributed by atoms with Gasteiger partial charge in [0.1, 0.15) is 6.54 Å². The van der Waals surface area contributed by atoms with Crippen LogP contribution in [0.1, 0.15) is 15.9 Å². The topological polar surface area (TPSA) is 95.6 Å². The number of hydrogen-bond acceptors (Lipinski definition) is 4. The predicted octanol–water partition coefficient (Wildman–Crippen LogP) is 6.72. The van der Waals surface area contributed by atoms with Crippen molar-refractivity contribution >= 4 is 55.8 Å². The molecule has 0 aromatic heterocycles. The van der Waals surface area contributed by atoms with Gasteiger partial charge in [-0.25, -0.2) is 13.0 Å². The van der Waals surface area contributed by atoms with Crippen molar-refractivity contribution in [1.82, 2.24) is 4.90 Å². The summed E-state index contributed by atoms with van der Waals surface area (Å²) in [7, 11) is -3.99. The van der Waals surface area contributed by atoms with E-state index >= 15 is 4.39 Å². The van der Waals surface area contributed by atoms with Gasteiger partial charge in [0.05, 0.1) is 21.8 Å². The lowest BCUT2D eigenvalue weighted by atomic mass is 9.94. The molecule has 23 heteroatoms. The van der Waals surface area contributed by atoms with Gasteiger partial charge < -0.3 is 15.5 Å². The van der Waals surface area contributed by atoms with E-state index in [0.717, 1.165) is 6.07 Å². The van der Waals surface area contributed by atoms with Crippen LogP contribution in [-0.4, -0.2) is 64.5 Å². The SMILES string of the molecule is CN(CC(F)(F)F)C(=O)C(=O)Nc1cccc(C(=O)Nc2c(Br)cc(C(F)(C(F)(F)F)C(F)(F)F)cc2S(=O)C(F)(F)F)c1F. The largest absolute Gasteiger partial charge is 0.475 e. The van der Waals surface area contributed by atoms with Crippen molar-refractivity contribution in [3.8, 4) is 0 Å². The van der Waals surface area contributed by atoms with Gasteiger partial charge in [-0.3, -0.25) is 14.4 Å². The molecule has 0 saturated carbocycles. The molecule has 2 aromatic carbocycles. The van der Waals surface area contributed by atoms with Crippen LogP contribution in [0.2, 0.25) is 0 Å². The fraction of sp³-hybridized carbons (Fsp3) is 0.318. The molecular weight excluding hydrogens is 748 g/mol. The van der Waals surface area contributed by atoms with Gasteiger partial charge in [0.2, 0.25) is 0 Å². The Hall–Kier alpha value is -3.50. The summed E-state index contributed by atoms with van der Waals surface area (Å²) < 4.78 is 197. The van der Waals surface area contributed by atoms with Crippen molar-refractivity contribution in [2.45, 2.75) is 34.6 Å². The molecule has 3 amide bonds. The quantitative estimate of drug-likeness (QED) is 0.253. The molecule has 0 fully saturated rings. The molecule has 0 saturated heterocycles. The molecule has 2 aromatic rings. The van der Waals surface area contributed by atoms with Crippen molar-refractivity contribution < 1.29 is 80.1 Å². The predicted molar refractivity (Wildman–Crippen MR) is 128 cm³/mol. The number of halogens is 15. The lowest BCUT2D eigenvalue weighted by Crippen LogP contribution is -2.50. The summed E-state index contributed by atoms with van der Waals surface area (Å²) >= 11 is 2.29. The van der Waals surface area contributed by atoms with Crippen LogP contribution in [0.5, 0.6) is 0 Å². The summed E-state index contributed by atoms with van der Waals surface area (Å²) in [5.74, 6) is -7.34. The monoisotopic (exact) mass is 759 g/mol. The number of rotatable bonds is 6. The third-order valence-electron chi connectivity index (χ3n) is 5.33. The van der Waals surface area contributed by atoms with Gasteiger partial charge in [-0.1, -0.05) is 6.07 Å². The molecule has 2 rings (SSSR count). The first kappa shape index (κ1) is 37.7. The van der Waals surface area contributed by atoms with Crippen molar-refractivity contribution in [1.29, 1.82) is 0 Å². The summed E-state index contributed by atoms with van der Waals surface area (Å²) in [6, 6.07) is 0.921. The maximum absolute atomic E-state index is 15.0. The van der Waals surface area contributed by atoms with E-state index in [1.807, 2.05) is 0 Å². The Morgan fingerprint density at radius 2 is 1.40 bits per heavy atom. The van der Waals surface area contributed by atoms with Crippen LogP contribution in [0.3, 0.4) is 0 Å². The lowest BCUT2D eigenvalue weighted by molar-refractivity contribution is -0.348. The molecule has 2 N–H and O–H groups in total. The van der Waals surface area contributed by atoms with Gasteiger partial charge in [-0.2, -0.15) is 52.7 Å². The molecule has 1 atom stereocenters. The van der Waals surface area contributed by atoms with E-state index in [4.69, 9.17) is 0 Å². The number of likely N-dealkylation sites (N-methyl/N-ethyl adjacent to an activating group) is 1. The molecule has 0 radical (unpaired) electrons. The molecule has 7 nitrogen and oxygen atoms in total. The molecule has 0 aliphatic rings. The molecule has 45 heavy (non-hydrogen) atoms. The molecule has 0 heterocycles. The molecule has 250 valence electrons. The highest BCUT2D eigenvalue weighted by Crippen LogP contribution is 2.54. The van der Waals surface area contributed by atoms with E-state index in [2.05, 4.69) is 15.9 Å².